The molecule has 0 saturated carbocycles. The van der Waals surface area contributed by atoms with Gasteiger partial charge in [-0.2, -0.15) is 0 Å². The SMILES string of the molecule is NCC1(N2CCCC2)CCOc2ccccc21. The normalized spacial score (nSPS) is 28.8. The lowest BCUT2D eigenvalue weighted by molar-refractivity contribution is 0.0697. The summed E-state index contributed by atoms with van der Waals surface area (Å²) in [5.41, 5.74) is 7.44. The second-order valence-corrected chi connectivity index (χ2v) is 5.02. The van der Waals surface area contributed by atoms with Gasteiger partial charge >= 0.3 is 0 Å². The minimum Gasteiger partial charge on any atom is -0.493 e. The third-order valence-corrected chi connectivity index (χ3v) is 4.21. The van der Waals surface area contributed by atoms with Crippen LogP contribution in [-0.4, -0.2) is 31.1 Å². The molecule has 1 aromatic rings. The molecule has 1 atom stereocenters. The van der Waals surface area contributed by atoms with Crippen molar-refractivity contribution in [3.05, 3.63) is 29.8 Å². The van der Waals surface area contributed by atoms with E-state index < -0.39 is 0 Å². The van der Waals surface area contributed by atoms with Crippen LogP contribution in [0.4, 0.5) is 0 Å². The van der Waals surface area contributed by atoms with E-state index in [9.17, 15) is 0 Å². The van der Waals surface area contributed by atoms with Gasteiger partial charge in [0, 0.05) is 18.5 Å². The van der Waals surface area contributed by atoms with Crippen LogP contribution in [0.1, 0.15) is 24.8 Å². The van der Waals surface area contributed by atoms with Gasteiger partial charge in [0.2, 0.25) is 0 Å². The molecule has 3 heteroatoms. The second-order valence-electron chi connectivity index (χ2n) is 5.02. The fourth-order valence-electron chi connectivity index (χ4n) is 3.26. The van der Waals surface area contributed by atoms with Crippen molar-refractivity contribution in [1.29, 1.82) is 0 Å². The van der Waals surface area contributed by atoms with E-state index in [0.717, 1.165) is 18.8 Å². The van der Waals surface area contributed by atoms with Gasteiger partial charge < -0.3 is 10.5 Å². The largest absolute Gasteiger partial charge is 0.493 e. The lowest BCUT2D eigenvalue weighted by atomic mass is 9.83. The Morgan fingerprint density at radius 1 is 1.24 bits per heavy atom. The Morgan fingerprint density at radius 2 is 2.00 bits per heavy atom. The number of hydrogen-bond acceptors (Lipinski definition) is 3. The Kier molecular flexibility index (Phi) is 2.81. The minimum atomic E-state index is 0.0192. The summed E-state index contributed by atoms with van der Waals surface area (Å²) in [6, 6.07) is 8.37. The van der Waals surface area contributed by atoms with Crippen LogP contribution in [0, 0.1) is 0 Å². The average Bonchev–Trinajstić information content (AvgIpc) is 2.92. The van der Waals surface area contributed by atoms with Gasteiger partial charge in [-0.15, -0.1) is 0 Å². The zero-order valence-electron chi connectivity index (χ0n) is 10.2. The summed E-state index contributed by atoms with van der Waals surface area (Å²) in [5.74, 6) is 1.02. The van der Waals surface area contributed by atoms with Gasteiger partial charge in [0.15, 0.2) is 0 Å². The molecule has 3 rings (SSSR count). The third-order valence-electron chi connectivity index (χ3n) is 4.21. The summed E-state index contributed by atoms with van der Waals surface area (Å²) in [6.07, 6.45) is 3.61. The van der Waals surface area contributed by atoms with Crippen LogP contribution in [0.2, 0.25) is 0 Å². The summed E-state index contributed by atoms with van der Waals surface area (Å²) in [6.45, 7) is 3.81. The summed E-state index contributed by atoms with van der Waals surface area (Å²) < 4.78 is 5.76. The fraction of sp³-hybridized carbons (Fsp3) is 0.571. The van der Waals surface area contributed by atoms with Crippen molar-refractivity contribution in [3.63, 3.8) is 0 Å². The lowest BCUT2D eigenvalue weighted by Crippen LogP contribution is -2.52. The van der Waals surface area contributed by atoms with Crippen LogP contribution >= 0.6 is 0 Å². The van der Waals surface area contributed by atoms with Crippen LogP contribution in [0.25, 0.3) is 0 Å². The maximum absolute atomic E-state index is 6.14. The average molecular weight is 232 g/mol. The van der Waals surface area contributed by atoms with E-state index in [1.165, 1.54) is 31.5 Å². The maximum Gasteiger partial charge on any atom is 0.124 e. The molecule has 1 saturated heterocycles. The van der Waals surface area contributed by atoms with Crippen LogP contribution in [0.5, 0.6) is 5.75 Å². The molecule has 1 fully saturated rings. The molecule has 2 heterocycles. The fourth-order valence-corrected chi connectivity index (χ4v) is 3.26. The predicted molar refractivity (Wildman–Crippen MR) is 68.1 cm³/mol. The van der Waals surface area contributed by atoms with Crippen molar-refractivity contribution < 1.29 is 4.74 Å². The molecule has 2 aliphatic heterocycles. The van der Waals surface area contributed by atoms with Crippen molar-refractivity contribution in [1.82, 2.24) is 4.90 Å². The molecule has 1 aromatic carbocycles. The molecule has 1 unspecified atom stereocenters. The van der Waals surface area contributed by atoms with Gasteiger partial charge in [-0.1, -0.05) is 18.2 Å². The van der Waals surface area contributed by atoms with E-state index in [1.807, 2.05) is 6.07 Å². The number of likely N-dealkylation sites (tertiary alicyclic amines) is 1. The van der Waals surface area contributed by atoms with E-state index >= 15 is 0 Å². The molecule has 0 radical (unpaired) electrons. The Balaban J connectivity index is 2.05. The van der Waals surface area contributed by atoms with Gasteiger partial charge in [0.1, 0.15) is 5.75 Å². The topological polar surface area (TPSA) is 38.5 Å². The second kappa shape index (κ2) is 4.31. The first kappa shape index (κ1) is 11.1. The minimum absolute atomic E-state index is 0.0192. The first-order chi connectivity index (χ1) is 8.37. The first-order valence-electron chi connectivity index (χ1n) is 6.54. The number of nitrogens with zero attached hydrogens (tertiary/aromatic N) is 1. The van der Waals surface area contributed by atoms with Gasteiger partial charge in [-0.05, 0) is 32.0 Å². The van der Waals surface area contributed by atoms with Gasteiger partial charge in [0.25, 0.3) is 0 Å². The van der Waals surface area contributed by atoms with Crippen molar-refractivity contribution in [3.8, 4) is 5.75 Å². The molecule has 2 N–H and O–H groups in total. The van der Waals surface area contributed by atoms with Crippen molar-refractivity contribution in [2.24, 2.45) is 5.73 Å². The zero-order chi connectivity index (χ0) is 11.7. The molecule has 17 heavy (non-hydrogen) atoms. The van der Waals surface area contributed by atoms with E-state index in [0.29, 0.717) is 6.54 Å². The Labute approximate surface area is 103 Å². The number of fused-ring (bicyclic) bond motifs is 1. The standard InChI is InChI=1S/C14H20N2O/c15-11-14(16-8-3-4-9-16)7-10-17-13-6-2-1-5-12(13)14/h1-2,5-6H,3-4,7-11,15H2. The van der Waals surface area contributed by atoms with Crippen LogP contribution in [-0.2, 0) is 5.54 Å². The molecule has 0 bridgehead atoms. The molecule has 2 aliphatic rings. The number of nitrogens with two attached hydrogens (primary N) is 1. The number of ether oxygens (including phenoxy) is 1. The Bertz CT molecular complexity index is 401. The Morgan fingerprint density at radius 3 is 2.76 bits per heavy atom. The smallest absolute Gasteiger partial charge is 0.124 e. The van der Waals surface area contributed by atoms with Crippen LogP contribution < -0.4 is 10.5 Å². The molecule has 0 aromatic heterocycles. The zero-order valence-corrected chi connectivity index (χ0v) is 10.2. The van der Waals surface area contributed by atoms with Gasteiger partial charge in [0.05, 0.1) is 12.1 Å². The highest BCUT2D eigenvalue weighted by Gasteiger charge is 2.42. The van der Waals surface area contributed by atoms with E-state index in [4.69, 9.17) is 10.5 Å². The highest BCUT2D eigenvalue weighted by atomic mass is 16.5. The Hall–Kier alpha value is -1.06. The van der Waals surface area contributed by atoms with E-state index in [2.05, 4.69) is 23.1 Å². The van der Waals surface area contributed by atoms with Gasteiger partial charge in [-0.25, -0.2) is 0 Å². The van der Waals surface area contributed by atoms with Crippen LogP contribution in [0.15, 0.2) is 24.3 Å². The lowest BCUT2D eigenvalue weighted by Gasteiger charge is -2.44. The van der Waals surface area contributed by atoms with E-state index in [-0.39, 0.29) is 5.54 Å². The highest BCUT2D eigenvalue weighted by molar-refractivity contribution is 5.41. The van der Waals surface area contributed by atoms with Crippen molar-refractivity contribution in [2.75, 3.05) is 26.2 Å². The molecular formula is C14H20N2O. The summed E-state index contributed by atoms with van der Waals surface area (Å²) in [4.78, 5) is 2.56. The van der Waals surface area contributed by atoms with Crippen molar-refractivity contribution in [2.45, 2.75) is 24.8 Å². The molecule has 92 valence electrons. The quantitative estimate of drug-likeness (QED) is 0.843. The first-order valence-corrected chi connectivity index (χ1v) is 6.54. The highest BCUT2D eigenvalue weighted by Crippen LogP contribution is 2.41. The molecule has 0 spiro atoms. The summed E-state index contributed by atoms with van der Waals surface area (Å²) >= 11 is 0. The van der Waals surface area contributed by atoms with Crippen molar-refractivity contribution >= 4 is 0 Å². The third kappa shape index (κ3) is 1.65. The predicted octanol–water partition coefficient (Wildman–Crippen LogP) is 1.72. The number of para-hydroxylation sites is 1. The number of benzene rings is 1. The molecule has 0 amide bonds. The molecular weight excluding hydrogens is 212 g/mol. The summed E-state index contributed by atoms with van der Waals surface area (Å²) in [7, 11) is 0. The summed E-state index contributed by atoms with van der Waals surface area (Å²) in [5, 5.41) is 0. The van der Waals surface area contributed by atoms with E-state index in [1.54, 1.807) is 0 Å². The van der Waals surface area contributed by atoms with Crippen LogP contribution in [0.3, 0.4) is 0 Å². The monoisotopic (exact) mass is 232 g/mol. The number of rotatable bonds is 2. The molecule has 3 nitrogen and oxygen atoms in total. The van der Waals surface area contributed by atoms with Gasteiger partial charge in [-0.3, -0.25) is 4.90 Å². The maximum atomic E-state index is 6.14. The molecule has 0 aliphatic carbocycles. The number of hydrogen-bond donors (Lipinski definition) is 1.